The molecule has 0 spiro atoms. The third-order valence-corrected chi connectivity index (χ3v) is 4.07. The number of hydrogen-bond acceptors (Lipinski definition) is 5. The van der Waals surface area contributed by atoms with Gasteiger partial charge >= 0.3 is 5.97 Å². The fraction of sp³-hybridized carbons (Fsp3) is 0.900. The van der Waals surface area contributed by atoms with Crippen molar-refractivity contribution >= 4 is 29.3 Å². The summed E-state index contributed by atoms with van der Waals surface area (Å²) >= 11 is 7.60. The molecule has 1 N–H and O–H groups in total. The van der Waals surface area contributed by atoms with Gasteiger partial charge in [0.05, 0.1) is 11.5 Å². The molecule has 1 aliphatic rings. The number of ether oxygens (including phenoxy) is 2. The van der Waals surface area contributed by atoms with Crippen LogP contribution in [0.2, 0.25) is 0 Å². The Morgan fingerprint density at radius 2 is 2.25 bits per heavy atom. The van der Waals surface area contributed by atoms with Gasteiger partial charge in [-0.15, -0.1) is 23.4 Å². The number of aliphatic hydroxyl groups excluding tert-OH is 1. The summed E-state index contributed by atoms with van der Waals surface area (Å²) in [6.45, 7) is 5.06. The van der Waals surface area contributed by atoms with E-state index in [1.165, 1.54) is 18.7 Å². The fourth-order valence-corrected chi connectivity index (χ4v) is 2.98. The fourth-order valence-electron chi connectivity index (χ4n) is 1.64. The van der Waals surface area contributed by atoms with E-state index in [0.717, 1.165) is 5.75 Å². The molecule has 0 saturated carbocycles. The first-order chi connectivity index (χ1) is 7.47. The van der Waals surface area contributed by atoms with Crippen molar-refractivity contribution in [2.45, 2.75) is 49.9 Å². The quantitative estimate of drug-likeness (QED) is 0.619. The number of carbonyl (C=O) groups excluding carboxylic acids is 1. The Labute approximate surface area is 105 Å². The minimum absolute atomic E-state index is 0.261. The average Bonchev–Trinajstić information content (AvgIpc) is 2.21. The van der Waals surface area contributed by atoms with E-state index in [0.29, 0.717) is 0 Å². The summed E-state index contributed by atoms with van der Waals surface area (Å²) in [4.78, 5) is 10.9. The zero-order valence-corrected chi connectivity index (χ0v) is 11.1. The predicted molar refractivity (Wildman–Crippen MR) is 63.7 cm³/mol. The monoisotopic (exact) mass is 268 g/mol. The second-order valence-corrected chi connectivity index (χ2v) is 5.55. The summed E-state index contributed by atoms with van der Waals surface area (Å²) in [5.74, 6) is 0.413. The summed E-state index contributed by atoms with van der Waals surface area (Å²) in [6.07, 6.45) is -1.93. The minimum Gasteiger partial charge on any atom is -0.457 e. The second kappa shape index (κ2) is 6.10. The van der Waals surface area contributed by atoms with Gasteiger partial charge in [-0.25, -0.2) is 0 Å². The predicted octanol–water partition coefficient (Wildman–Crippen LogP) is 1.38. The molecular formula is C10H17ClO4S. The maximum absolute atomic E-state index is 10.9. The molecule has 1 aliphatic heterocycles. The van der Waals surface area contributed by atoms with Gasteiger partial charge in [-0.3, -0.25) is 4.79 Å². The molecule has 0 amide bonds. The highest BCUT2D eigenvalue weighted by Gasteiger charge is 2.44. The number of aliphatic hydroxyl groups is 1. The molecule has 0 aliphatic carbocycles. The summed E-state index contributed by atoms with van der Waals surface area (Å²) in [5, 5.41) is 9.39. The second-order valence-electron chi connectivity index (χ2n) is 3.67. The van der Waals surface area contributed by atoms with Gasteiger partial charge in [0, 0.05) is 6.92 Å². The van der Waals surface area contributed by atoms with E-state index in [1.807, 2.05) is 6.92 Å². The van der Waals surface area contributed by atoms with E-state index < -0.39 is 23.6 Å². The van der Waals surface area contributed by atoms with Crippen LogP contribution in [0.5, 0.6) is 0 Å². The lowest BCUT2D eigenvalue weighted by molar-refractivity contribution is -0.179. The molecule has 4 nitrogen and oxygen atoms in total. The smallest absolute Gasteiger partial charge is 0.303 e. The van der Waals surface area contributed by atoms with Gasteiger partial charge in [0.25, 0.3) is 0 Å². The van der Waals surface area contributed by atoms with Crippen LogP contribution in [0, 0.1) is 0 Å². The van der Waals surface area contributed by atoms with E-state index in [9.17, 15) is 9.90 Å². The molecule has 0 aromatic heterocycles. The Balaban J connectivity index is 2.67. The topological polar surface area (TPSA) is 55.8 Å². The number of hydrogen-bond donors (Lipinski definition) is 1. The minimum atomic E-state index is -0.890. The number of esters is 1. The van der Waals surface area contributed by atoms with Crippen LogP contribution >= 0.6 is 23.4 Å². The van der Waals surface area contributed by atoms with Crippen LogP contribution < -0.4 is 0 Å². The Morgan fingerprint density at radius 3 is 2.75 bits per heavy atom. The summed E-state index contributed by atoms with van der Waals surface area (Å²) < 4.78 is 10.6. The van der Waals surface area contributed by atoms with E-state index in [4.69, 9.17) is 21.1 Å². The van der Waals surface area contributed by atoms with Gasteiger partial charge in [0.2, 0.25) is 0 Å². The largest absolute Gasteiger partial charge is 0.457 e. The van der Waals surface area contributed by atoms with E-state index in [1.54, 1.807) is 6.92 Å². The van der Waals surface area contributed by atoms with Crippen LogP contribution in [-0.2, 0) is 14.3 Å². The van der Waals surface area contributed by atoms with Gasteiger partial charge in [-0.05, 0) is 12.7 Å². The normalized spacial score (nSPS) is 39.4. The lowest BCUT2D eigenvalue weighted by atomic mass is 10.0. The Morgan fingerprint density at radius 1 is 1.62 bits per heavy atom. The van der Waals surface area contributed by atoms with E-state index in [-0.39, 0.29) is 11.5 Å². The molecule has 1 rings (SSSR count). The molecule has 0 aromatic rings. The first-order valence-electron chi connectivity index (χ1n) is 5.23. The van der Waals surface area contributed by atoms with Crippen molar-refractivity contribution in [3.8, 4) is 0 Å². The molecular weight excluding hydrogens is 252 g/mol. The third-order valence-electron chi connectivity index (χ3n) is 2.37. The van der Waals surface area contributed by atoms with Crippen molar-refractivity contribution in [1.29, 1.82) is 0 Å². The lowest BCUT2D eigenvalue weighted by Gasteiger charge is -2.40. The maximum atomic E-state index is 10.9. The van der Waals surface area contributed by atoms with Crippen molar-refractivity contribution < 1.29 is 19.4 Å². The van der Waals surface area contributed by atoms with Crippen molar-refractivity contribution in [2.24, 2.45) is 0 Å². The number of alkyl halides is 1. The first-order valence-corrected chi connectivity index (χ1v) is 6.72. The molecule has 1 saturated heterocycles. The number of halogens is 1. The highest BCUT2D eigenvalue weighted by atomic mass is 35.5. The van der Waals surface area contributed by atoms with Gasteiger partial charge in [0.15, 0.2) is 6.10 Å². The summed E-state index contributed by atoms with van der Waals surface area (Å²) in [5.41, 5.74) is -0.261. The van der Waals surface area contributed by atoms with Crippen molar-refractivity contribution in [3.05, 3.63) is 0 Å². The summed E-state index contributed by atoms with van der Waals surface area (Å²) in [6, 6.07) is 0. The average molecular weight is 269 g/mol. The molecule has 1 fully saturated rings. The number of carbonyl (C=O) groups is 1. The van der Waals surface area contributed by atoms with Crippen molar-refractivity contribution in [1.82, 2.24) is 0 Å². The number of rotatable bonds is 3. The van der Waals surface area contributed by atoms with Crippen LogP contribution in [0.15, 0.2) is 0 Å². The molecule has 0 radical (unpaired) electrons. The van der Waals surface area contributed by atoms with Crippen LogP contribution in [-0.4, -0.2) is 46.0 Å². The maximum Gasteiger partial charge on any atom is 0.303 e. The van der Waals surface area contributed by atoms with Gasteiger partial charge in [-0.2, -0.15) is 0 Å². The highest BCUT2D eigenvalue weighted by Crippen LogP contribution is 2.32. The third kappa shape index (κ3) is 3.26. The molecule has 94 valence electrons. The van der Waals surface area contributed by atoms with Gasteiger partial charge < -0.3 is 14.6 Å². The molecule has 0 aromatic carbocycles. The molecule has 0 unspecified atom stereocenters. The molecule has 6 heteroatoms. The molecule has 1 heterocycles. The molecule has 0 bridgehead atoms. The number of thioether (sulfide) groups is 1. The van der Waals surface area contributed by atoms with Gasteiger partial charge in [0.1, 0.15) is 11.5 Å². The standard InChI is InChI=1S/C10H17ClO4S/c1-4-16-10-7(11)8(13)9(5(2)14-10)15-6(3)12/h5,7-10,13H,4H2,1-3H3/t5-,7+,8-,9-,10-/m0/s1. The zero-order valence-electron chi connectivity index (χ0n) is 9.55. The zero-order chi connectivity index (χ0) is 12.3. The summed E-state index contributed by atoms with van der Waals surface area (Å²) in [7, 11) is 0. The Kier molecular flexibility index (Phi) is 5.37. The van der Waals surface area contributed by atoms with Crippen molar-refractivity contribution in [2.75, 3.05) is 5.75 Å². The molecule has 16 heavy (non-hydrogen) atoms. The first kappa shape index (κ1) is 14.1. The van der Waals surface area contributed by atoms with Crippen molar-refractivity contribution in [3.63, 3.8) is 0 Å². The SMILES string of the molecule is CCS[C@@H]1O[C@@H](C)[C@H](OC(C)=O)[C@@H](O)[C@H]1Cl. The van der Waals surface area contributed by atoms with E-state index in [2.05, 4.69) is 0 Å². The van der Waals surface area contributed by atoms with Crippen LogP contribution in [0.4, 0.5) is 0 Å². The van der Waals surface area contributed by atoms with Crippen LogP contribution in [0.25, 0.3) is 0 Å². The highest BCUT2D eigenvalue weighted by molar-refractivity contribution is 7.99. The van der Waals surface area contributed by atoms with E-state index >= 15 is 0 Å². The lowest BCUT2D eigenvalue weighted by Crippen LogP contribution is -2.55. The van der Waals surface area contributed by atoms with Gasteiger partial charge in [-0.1, -0.05) is 6.92 Å². The Bertz CT molecular complexity index is 251. The Hall–Kier alpha value is 0.0300. The van der Waals surface area contributed by atoms with Crippen LogP contribution in [0.3, 0.4) is 0 Å². The molecule has 5 atom stereocenters. The van der Waals surface area contributed by atoms with Crippen LogP contribution in [0.1, 0.15) is 20.8 Å².